The number of anilines is 1. The molecule has 5 nitrogen and oxygen atoms in total. The number of rotatable bonds is 6. The summed E-state index contributed by atoms with van der Waals surface area (Å²) >= 11 is 0. The highest BCUT2D eigenvalue weighted by atomic mass is 16.5. The van der Waals surface area contributed by atoms with Crippen molar-refractivity contribution in [3.63, 3.8) is 0 Å². The van der Waals surface area contributed by atoms with Crippen LogP contribution in [0.4, 0.5) is 5.69 Å². The van der Waals surface area contributed by atoms with Crippen molar-refractivity contribution in [3.8, 4) is 5.75 Å². The minimum Gasteiger partial charge on any atom is -0.496 e. The van der Waals surface area contributed by atoms with Crippen LogP contribution in [0.15, 0.2) is 48.5 Å². The van der Waals surface area contributed by atoms with Crippen LogP contribution >= 0.6 is 0 Å². The first-order valence-electron chi connectivity index (χ1n) is 7.44. The molecule has 0 saturated carbocycles. The van der Waals surface area contributed by atoms with Crippen LogP contribution < -0.4 is 15.4 Å². The zero-order valence-electron chi connectivity index (χ0n) is 13.3. The molecule has 0 fully saturated rings. The van der Waals surface area contributed by atoms with E-state index in [0.29, 0.717) is 24.2 Å². The van der Waals surface area contributed by atoms with Crippen molar-refractivity contribution >= 4 is 17.5 Å². The molecule has 0 aromatic heterocycles. The number of carbonyl (C=O) groups is 2. The van der Waals surface area contributed by atoms with Crippen molar-refractivity contribution in [1.29, 1.82) is 0 Å². The molecule has 0 atom stereocenters. The van der Waals surface area contributed by atoms with Crippen LogP contribution in [0.3, 0.4) is 0 Å². The van der Waals surface area contributed by atoms with Gasteiger partial charge in [-0.25, -0.2) is 0 Å². The van der Waals surface area contributed by atoms with Crippen LogP contribution in [-0.2, 0) is 11.3 Å². The minimum absolute atomic E-state index is 0.0865. The Labute approximate surface area is 135 Å². The predicted octanol–water partition coefficient (Wildman–Crippen LogP) is 2.97. The highest BCUT2D eigenvalue weighted by molar-refractivity contribution is 5.97. The van der Waals surface area contributed by atoms with Gasteiger partial charge < -0.3 is 15.4 Å². The number of carbonyl (C=O) groups excluding carboxylic acids is 2. The molecule has 0 saturated heterocycles. The maximum Gasteiger partial charge on any atom is 0.251 e. The molecular weight excluding hydrogens is 292 g/mol. The van der Waals surface area contributed by atoms with Crippen molar-refractivity contribution in [2.45, 2.75) is 19.9 Å². The molecule has 2 aromatic rings. The summed E-state index contributed by atoms with van der Waals surface area (Å²) in [6.07, 6.45) is 0.393. The number of methoxy groups -OCH3 is 1. The number of ether oxygens (including phenoxy) is 1. The molecule has 23 heavy (non-hydrogen) atoms. The Hall–Kier alpha value is -2.82. The molecular formula is C18H20N2O3. The summed E-state index contributed by atoms with van der Waals surface area (Å²) in [7, 11) is 1.60. The van der Waals surface area contributed by atoms with Gasteiger partial charge in [-0.3, -0.25) is 9.59 Å². The lowest BCUT2D eigenvalue weighted by Gasteiger charge is -2.10. The van der Waals surface area contributed by atoms with Gasteiger partial charge in [-0.1, -0.05) is 31.2 Å². The molecule has 0 aliphatic carbocycles. The van der Waals surface area contributed by atoms with Crippen molar-refractivity contribution in [2.75, 3.05) is 12.4 Å². The Balaban J connectivity index is 2.03. The molecule has 0 unspecified atom stereocenters. The number of hydrogen-bond acceptors (Lipinski definition) is 3. The highest BCUT2D eigenvalue weighted by Crippen LogP contribution is 2.17. The molecule has 2 rings (SSSR count). The summed E-state index contributed by atoms with van der Waals surface area (Å²) in [6, 6.07) is 14.4. The van der Waals surface area contributed by atoms with Gasteiger partial charge in [0.1, 0.15) is 5.75 Å². The Morgan fingerprint density at radius 3 is 2.61 bits per heavy atom. The maximum atomic E-state index is 12.3. The quantitative estimate of drug-likeness (QED) is 0.861. The van der Waals surface area contributed by atoms with Gasteiger partial charge >= 0.3 is 0 Å². The van der Waals surface area contributed by atoms with Gasteiger partial charge in [0, 0.05) is 29.8 Å². The third-order valence-corrected chi connectivity index (χ3v) is 3.36. The van der Waals surface area contributed by atoms with Gasteiger partial charge in [-0.15, -0.1) is 0 Å². The van der Waals surface area contributed by atoms with E-state index in [9.17, 15) is 9.59 Å². The lowest BCUT2D eigenvalue weighted by Crippen LogP contribution is -2.23. The van der Waals surface area contributed by atoms with Gasteiger partial charge in [0.05, 0.1) is 7.11 Å². The molecule has 120 valence electrons. The molecule has 0 bridgehead atoms. The van der Waals surface area contributed by atoms with Crippen molar-refractivity contribution in [1.82, 2.24) is 5.32 Å². The summed E-state index contributed by atoms with van der Waals surface area (Å²) < 4.78 is 5.26. The number of hydrogen-bond donors (Lipinski definition) is 2. The predicted molar refractivity (Wildman–Crippen MR) is 89.5 cm³/mol. The van der Waals surface area contributed by atoms with Crippen LogP contribution in [0, 0.1) is 0 Å². The fourth-order valence-electron chi connectivity index (χ4n) is 2.11. The zero-order valence-corrected chi connectivity index (χ0v) is 13.3. The summed E-state index contributed by atoms with van der Waals surface area (Å²) in [5.74, 6) is 0.442. The number of amides is 2. The van der Waals surface area contributed by atoms with Crippen LogP contribution in [0.2, 0.25) is 0 Å². The fraction of sp³-hybridized carbons (Fsp3) is 0.222. The van der Waals surface area contributed by atoms with E-state index in [2.05, 4.69) is 10.6 Å². The topological polar surface area (TPSA) is 67.4 Å². The van der Waals surface area contributed by atoms with E-state index >= 15 is 0 Å². The van der Waals surface area contributed by atoms with E-state index in [-0.39, 0.29) is 11.8 Å². The number of para-hydroxylation sites is 1. The molecule has 2 N–H and O–H groups in total. The smallest absolute Gasteiger partial charge is 0.251 e. The van der Waals surface area contributed by atoms with Gasteiger partial charge in [0.25, 0.3) is 5.91 Å². The standard InChI is InChI=1S/C18H20N2O3/c1-3-17(21)20-15-9-6-8-13(11-15)18(22)19-12-14-7-4-5-10-16(14)23-2/h4-11H,3,12H2,1-2H3,(H,19,22)(H,20,21). The van der Waals surface area contributed by atoms with Gasteiger partial charge in [0.2, 0.25) is 5.91 Å². The van der Waals surface area contributed by atoms with Gasteiger partial charge in [-0.2, -0.15) is 0 Å². The second-order valence-electron chi connectivity index (χ2n) is 4.98. The van der Waals surface area contributed by atoms with Crippen molar-refractivity contribution in [3.05, 3.63) is 59.7 Å². The largest absolute Gasteiger partial charge is 0.496 e. The van der Waals surface area contributed by atoms with E-state index in [1.807, 2.05) is 24.3 Å². The molecule has 0 aliphatic heterocycles. The SMILES string of the molecule is CCC(=O)Nc1cccc(C(=O)NCc2ccccc2OC)c1. The summed E-state index contributed by atoms with van der Waals surface area (Å²) in [5.41, 5.74) is 2.01. The van der Waals surface area contributed by atoms with E-state index in [0.717, 1.165) is 11.3 Å². The van der Waals surface area contributed by atoms with Crippen LogP contribution in [0.1, 0.15) is 29.3 Å². The normalized spacial score (nSPS) is 10.0. The van der Waals surface area contributed by atoms with Crippen LogP contribution in [-0.4, -0.2) is 18.9 Å². The summed E-state index contributed by atoms with van der Waals surface area (Å²) in [6.45, 7) is 2.15. The first-order valence-corrected chi connectivity index (χ1v) is 7.44. The fourth-order valence-corrected chi connectivity index (χ4v) is 2.11. The van der Waals surface area contributed by atoms with Crippen LogP contribution in [0.5, 0.6) is 5.75 Å². The minimum atomic E-state index is -0.205. The summed E-state index contributed by atoms with van der Waals surface area (Å²) in [4.78, 5) is 23.7. The highest BCUT2D eigenvalue weighted by Gasteiger charge is 2.09. The Kier molecular flexibility index (Phi) is 5.74. The molecule has 2 aromatic carbocycles. The Morgan fingerprint density at radius 2 is 1.87 bits per heavy atom. The number of benzene rings is 2. The first kappa shape index (κ1) is 16.5. The first-order chi connectivity index (χ1) is 11.1. The van der Waals surface area contributed by atoms with Gasteiger partial charge in [-0.05, 0) is 24.3 Å². The lowest BCUT2D eigenvalue weighted by molar-refractivity contribution is -0.115. The van der Waals surface area contributed by atoms with E-state index in [4.69, 9.17) is 4.74 Å². The number of nitrogens with one attached hydrogen (secondary N) is 2. The Morgan fingerprint density at radius 1 is 1.09 bits per heavy atom. The van der Waals surface area contributed by atoms with Gasteiger partial charge in [0.15, 0.2) is 0 Å². The third-order valence-electron chi connectivity index (χ3n) is 3.36. The zero-order chi connectivity index (χ0) is 16.7. The van der Waals surface area contributed by atoms with Crippen molar-refractivity contribution in [2.24, 2.45) is 0 Å². The lowest BCUT2D eigenvalue weighted by atomic mass is 10.1. The Bertz CT molecular complexity index is 698. The summed E-state index contributed by atoms with van der Waals surface area (Å²) in [5, 5.41) is 5.59. The maximum absolute atomic E-state index is 12.3. The third kappa shape index (κ3) is 4.57. The van der Waals surface area contributed by atoms with E-state index < -0.39 is 0 Å². The monoisotopic (exact) mass is 312 g/mol. The van der Waals surface area contributed by atoms with Crippen LogP contribution in [0.25, 0.3) is 0 Å². The molecule has 0 heterocycles. The molecule has 0 spiro atoms. The average molecular weight is 312 g/mol. The van der Waals surface area contributed by atoms with E-state index in [1.165, 1.54) is 0 Å². The molecule has 5 heteroatoms. The van der Waals surface area contributed by atoms with E-state index in [1.54, 1.807) is 38.3 Å². The molecule has 2 amide bonds. The second kappa shape index (κ2) is 7.98. The molecule has 0 aliphatic rings. The average Bonchev–Trinajstić information content (AvgIpc) is 2.60. The van der Waals surface area contributed by atoms with Crippen molar-refractivity contribution < 1.29 is 14.3 Å². The molecule has 0 radical (unpaired) electrons. The second-order valence-corrected chi connectivity index (χ2v) is 4.98.